The average Bonchev–Trinajstić information content (AvgIpc) is 2.90. The summed E-state index contributed by atoms with van der Waals surface area (Å²) in [7, 11) is 0. The zero-order chi connectivity index (χ0) is 18.0. The minimum absolute atomic E-state index is 0.200. The fourth-order valence-corrected chi connectivity index (χ4v) is 3.35. The second-order valence-corrected chi connectivity index (χ2v) is 6.81. The second kappa shape index (κ2) is 7.23. The zero-order valence-electron chi connectivity index (χ0n) is 15.0. The molecule has 0 bridgehead atoms. The Kier molecular flexibility index (Phi) is 5.03. The van der Waals surface area contributed by atoms with Crippen molar-refractivity contribution in [2.75, 3.05) is 18.4 Å². The summed E-state index contributed by atoms with van der Waals surface area (Å²) in [6.07, 6.45) is 4.01. The normalized spacial score (nSPS) is 17.5. The first-order chi connectivity index (χ1) is 12.0. The molecule has 1 amide bonds. The van der Waals surface area contributed by atoms with Crippen LogP contribution in [0.1, 0.15) is 40.2 Å². The molecule has 0 spiro atoms. The van der Waals surface area contributed by atoms with Crippen LogP contribution in [0.2, 0.25) is 0 Å². The van der Waals surface area contributed by atoms with Gasteiger partial charge in [0.25, 0.3) is 11.5 Å². The SMILES string of the molecule is Cc1ccn(CC2CCCNC2)c(=O)c1C(=O)Nc1c(C)n[nH]c1C. The summed E-state index contributed by atoms with van der Waals surface area (Å²) in [5.41, 5.74) is 2.75. The van der Waals surface area contributed by atoms with Crippen molar-refractivity contribution in [3.63, 3.8) is 0 Å². The van der Waals surface area contributed by atoms with Gasteiger partial charge in [-0.15, -0.1) is 0 Å². The van der Waals surface area contributed by atoms with E-state index in [1.165, 1.54) is 0 Å². The largest absolute Gasteiger partial charge is 0.319 e. The van der Waals surface area contributed by atoms with Crippen molar-refractivity contribution in [3.05, 3.63) is 45.1 Å². The van der Waals surface area contributed by atoms with E-state index in [-0.39, 0.29) is 17.0 Å². The van der Waals surface area contributed by atoms with Crippen molar-refractivity contribution in [2.45, 2.75) is 40.2 Å². The first kappa shape index (κ1) is 17.4. The quantitative estimate of drug-likeness (QED) is 0.789. The van der Waals surface area contributed by atoms with E-state index in [0.29, 0.717) is 29.4 Å². The van der Waals surface area contributed by atoms with Gasteiger partial charge >= 0.3 is 0 Å². The fourth-order valence-electron chi connectivity index (χ4n) is 3.35. The third kappa shape index (κ3) is 3.66. The van der Waals surface area contributed by atoms with Crippen molar-refractivity contribution in [3.8, 4) is 0 Å². The Labute approximate surface area is 146 Å². The molecular formula is C18H25N5O2. The lowest BCUT2D eigenvalue weighted by molar-refractivity contribution is 0.102. The summed E-state index contributed by atoms with van der Waals surface area (Å²) >= 11 is 0. The Hall–Kier alpha value is -2.41. The molecule has 134 valence electrons. The van der Waals surface area contributed by atoms with Crippen molar-refractivity contribution >= 4 is 11.6 Å². The number of aromatic nitrogens is 3. The highest BCUT2D eigenvalue weighted by Gasteiger charge is 2.20. The molecule has 2 aromatic heterocycles. The van der Waals surface area contributed by atoms with Crippen LogP contribution in [0.4, 0.5) is 5.69 Å². The van der Waals surface area contributed by atoms with Crippen molar-refractivity contribution in [1.29, 1.82) is 0 Å². The van der Waals surface area contributed by atoms with E-state index < -0.39 is 0 Å². The first-order valence-corrected chi connectivity index (χ1v) is 8.71. The lowest BCUT2D eigenvalue weighted by atomic mass is 9.99. The monoisotopic (exact) mass is 343 g/mol. The first-order valence-electron chi connectivity index (χ1n) is 8.71. The van der Waals surface area contributed by atoms with Gasteiger partial charge in [0.2, 0.25) is 0 Å². The van der Waals surface area contributed by atoms with E-state index in [1.54, 1.807) is 17.7 Å². The molecule has 1 aliphatic rings. The number of hydrogen-bond donors (Lipinski definition) is 3. The van der Waals surface area contributed by atoms with Crippen LogP contribution in [0, 0.1) is 26.7 Å². The molecular weight excluding hydrogens is 318 g/mol. The molecule has 7 heteroatoms. The van der Waals surface area contributed by atoms with Crippen LogP contribution in [0.15, 0.2) is 17.1 Å². The van der Waals surface area contributed by atoms with E-state index in [4.69, 9.17) is 0 Å². The van der Waals surface area contributed by atoms with Crippen molar-refractivity contribution < 1.29 is 4.79 Å². The van der Waals surface area contributed by atoms with E-state index in [9.17, 15) is 9.59 Å². The van der Waals surface area contributed by atoms with Gasteiger partial charge < -0.3 is 15.2 Å². The number of aryl methyl sites for hydroxylation is 3. The molecule has 1 fully saturated rings. The summed E-state index contributed by atoms with van der Waals surface area (Å²) in [6.45, 7) is 8.02. The Morgan fingerprint density at radius 2 is 2.20 bits per heavy atom. The highest BCUT2D eigenvalue weighted by Crippen LogP contribution is 2.18. The van der Waals surface area contributed by atoms with E-state index >= 15 is 0 Å². The molecule has 2 aromatic rings. The molecule has 1 aliphatic heterocycles. The van der Waals surface area contributed by atoms with E-state index in [2.05, 4.69) is 20.8 Å². The molecule has 3 rings (SSSR count). The summed E-state index contributed by atoms with van der Waals surface area (Å²) < 4.78 is 1.66. The predicted octanol–water partition coefficient (Wildman–Crippen LogP) is 1.75. The van der Waals surface area contributed by atoms with Gasteiger partial charge in [-0.2, -0.15) is 5.10 Å². The van der Waals surface area contributed by atoms with Gasteiger partial charge in [0.1, 0.15) is 5.56 Å². The Balaban J connectivity index is 1.86. The second-order valence-electron chi connectivity index (χ2n) is 6.81. The minimum Gasteiger partial charge on any atom is -0.319 e. The molecule has 3 heterocycles. The maximum Gasteiger partial charge on any atom is 0.263 e. The van der Waals surface area contributed by atoms with Crippen LogP contribution < -0.4 is 16.2 Å². The average molecular weight is 343 g/mol. The van der Waals surface area contributed by atoms with Crippen LogP contribution in [0.25, 0.3) is 0 Å². The van der Waals surface area contributed by atoms with Gasteiger partial charge in [-0.05, 0) is 64.3 Å². The van der Waals surface area contributed by atoms with Gasteiger partial charge in [-0.25, -0.2) is 0 Å². The fraction of sp³-hybridized carbons (Fsp3) is 0.500. The molecule has 1 atom stereocenters. The Morgan fingerprint density at radius 3 is 2.84 bits per heavy atom. The molecule has 3 N–H and O–H groups in total. The maximum atomic E-state index is 12.9. The maximum absolute atomic E-state index is 12.9. The third-order valence-corrected chi connectivity index (χ3v) is 4.82. The van der Waals surface area contributed by atoms with E-state index in [1.807, 2.05) is 19.9 Å². The highest BCUT2D eigenvalue weighted by atomic mass is 16.2. The number of amides is 1. The molecule has 7 nitrogen and oxygen atoms in total. The smallest absolute Gasteiger partial charge is 0.263 e. The van der Waals surface area contributed by atoms with Gasteiger partial charge in [0.15, 0.2) is 0 Å². The number of anilines is 1. The summed E-state index contributed by atoms with van der Waals surface area (Å²) in [4.78, 5) is 25.6. The van der Waals surface area contributed by atoms with Crippen LogP contribution in [0.5, 0.6) is 0 Å². The van der Waals surface area contributed by atoms with Crippen LogP contribution in [-0.4, -0.2) is 33.8 Å². The number of H-pyrrole nitrogens is 1. The molecule has 0 aromatic carbocycles. The van der Waals surface area contributed by atoms with E-state index in [0.717, 1.165) is 31.6 Å². The molecule has 0 radical (unpaired) electrons. The third-order valence-electron chi connectivity index (χ3n) is 4.82. The lowest BCUT2D eigenvalue weighted by Crippen LogP contribution is -2.36. The van der Waals surface area contributed by atoms with Gasteiger partial charge in [0, 0.05) is 12.7 Å². The van der Waals surface area contributed by atoms with Crippen molar-refractivity contribution in [2.24, 2.45) is 5.92 Å². The summed E-state index contributed by atoms with van der Waals surface area (Å²) in [5.74, 6) is 0.0367. The zero-order valence-corrected chi connectivity index (χ0v) is 15.0. The Bertz CT molecular complexity index is 811. The molecule has 25 heavy (non-hydrogen) atoms. The number of piperidine rings is 1. The standard InChI is InChI=1S/C18H25N5O2/c1-11-6-8-23(10-14-5-4-7-19-9-14)18(25)15(11)17(24)20-16-12(2)21-22-13(16)3/h6,8,14,19H,4-5,7,9-10H2,1-3H3,(H,20,24)(H,21,22). The van der Waals surface area contributed by atoms with Crippen LogP contribution in [-0.2, 0) is 6.54 Å². The summed E-state index contributed by atoms with van der Waals surface area (Å²) in [5, 5.41) is 13.1. The predicted molar refractivity (Wildman–Crippen MR) is 97.0 cm³/mol. The number of nitrogens with one attached hydrogen (secondary N) is 3. The number of rotatable bonds is 4. The molecule has 1 saturated heterocycles. The van der Waals surface area contributed by atoms with Gasteiger partial charge in [-0.3, -0.25) is 14.7 Å². The molecule has 1 unspecified atom stereocenters. The number of nitrogens with zero attached hydrogens (tertiary/aromatic N) is 2. The van der Waals surface area contributed by atoms with Gasteiger partial charge in [-0.1, -0.05) is 0 Å². The summed E-state index contributed by atoms with van der Waals surface area (Å²) in [6, 6.07) is 1.83. The number of pyridine rings is 1. The molecule has 0 aliphatic carbocycles. The van der Waals surface area contributed by atoms with Crippen LogP contribution >= 0.6 is 0 Å². The minimum atomic E-state index is -0.383. The molecule has 0 saturated carbocycles. The number of carbonyl (C=O) groups excluding carboxylic acids is 1. The van der Waals surface area contributed by atoms with Gasteiger partial charge in [0.05, 0.1) is 17.1 Å². The number of carbonyl (C=O) groups is 1. The van der Waals surface area contributed by atoms with Crippen molar-refractivity contribution in [1.82, 2.24) is 20.1 Å². The highest BCUT2D eigenvalue weighted by molar-refractivity contribution is 6.05. The Morgan fingerprint density at radius 1 is 1.40 bits per heavy atom. The van der Waals surface area contributed by atoms with Crippen LogP contribution in [0.3, 0.4) is 0 Å². The topological polar surface area (TPSA) is 91.8 Å². The number of aromatic amines is 1. The lowest BCUT2D eigenvalue weighted by Gasteiger charge is -2.23. The number of hydrogen-bond acceptors (Lipinski definition) is 4.